The molecule has 8 heteroatoms. The van der Waals surface area contributed by atoms with E-state index in [4.69, 9.17) is 0 Å². The minimum Gasteiger partial charge on any atom is -0.365 e. The van der Waals surface area contributed by atoms with Crippen LogP contribution in [0.3, 0.4) is 0 Å². The molecule has 136 valence electrons. The van der Waals surface area contributed by atoms with Gasteiger partial charge in [0.15, 0.2) is 5.65 Å². The van der Waals surface area contributed by atoms with E-state index in [-0.39, 0.29) is 5.82 Å². The van der Waals surface area contributed by atoms with Crippen molar-refractivity contribution in [3.05, 3.63) is 66.6 Å². The fourth-order valence-corrected chi connectivity index (χ4v) is 2.74. The summed E-state index contributed by atoms with van der Waals surface area (Å²) in [6.07, 6.45) is 8.74. The summed E-state index contributed by atoms with van der Waals surface area (Å²) in [4.78, 5) is 19.4. The van der Waals surface area contributed by atoms with Crippen LogP contribution in [0.1, 0.15) is 5.56 Å². The number of halogens is 1. The lowest BCUT2D eigenvalue weighted by Gasteiger charge is -2.11. The summed E-state index contributed by atoms with van der Waals surface area (Å²) in [6, 6.07) is 6.40. The lowest BCUT2D eigenvalue weighted by atomic mass is 10.2. The Labute approximate surface area is 155 Å². The molecule has 0 saturated heterocycles. The van der Waals surface area contributed by atoms with Crippen molar-refractivity contribution in [3.8, 4) is 11.3 Å². The average Bonchev–Trinajstić information content (AvgIpc) is 3.06. The van der Waals surface area contributed by atoms with E-state index in [1.54, 1.807) is 36.9 Å². The van der Waals surface area contributed by atoms with Gasteiger partial charge in [-0.15, -0.1) is 0 Å². The first-order valence-corrected chi connectivity index (χ1v) is 8.42. The van der Waals surface area contributed by atoms with Crippen molar-refractivity contribution < 1.29 is 4.39 Å². The van der Waals surface area contributed by atoms with Crippen LogP contribution in [-0.2, 0) is 6.54 Å². The van der Waals surface area contributed by atoms with Crippen LogP contribution in [0.15, 0.2) is 55.2 Å². The molecule has 4 aromatic rings. The molecule has 0 aliphatic rings. The Morgan fingerprint density at radius 1 is 1.07 bits per heavy atom. The lowest BCUT2D eigenvalue weighted by Crippen LogP contribution is -2.12. The summed E-state index contributed by atoms with van der Waals surface area (Å²) in [5.41, 5.74) is 3.21. The average molecular weight is 363 g/mol. The SMILES string of the molecule is CN(C)c1ncc(-c2nc3cnccn3c2NCc2ccc(F)cc2)cn1. The van der Waals surface area contributed by atoms with E-state index in [9.17, 15) is 4.39 Å². The van der Waals surface area contributed by atoms with Crippen LogP contribution in [0.2, 0.25) is 0 Å². The smallest absolute Gasteiger partial charge is 0.224 e. The third kappa shape index (κ3) is 3.41. The normalized spacial score (nSPS) is 10.9. The molecule has 1 N–H and O–H groups in total. The van der Waals surface area contributed by atoms with Crippen molar-refractivity contribution in [3.63, 3.8) is 0 Å². The number of nitrogens with one attached hydrogen (secondary N) is 1. The van der Waals surface area contributed by atoms with Crippen molar-refractivity contribution in [1.82, 2.24) is 24.3 Å². The van der Waals surface area contributed by atoms with Gasteiger partial charge in [0, 0.05) is 51.0 Å². The molecule has 0 spiro atoms. The number of aromatic nitrogens is 5. The molecule has 1 aromatic carbocycles. The predicted octanol–water partition coefficient (Wildman–Crippen LogP) is 3.00. The van der Waals surface area contributed by atoms with Gasteiger partial charge in [-0.3, -0.25) is 9.38 Å². The molecule has 0 aliphatic heterocycles. The third-order valence-corrected chi connectivity index (χ3v) is 4.12. The topological polar surface area (TPSA) is 71.2 Å². The van der Waals surface area contributed by atoms with Gasteiger partial charge in [0.25, 0.3) is 0 Å². The monoisotopic (exact) mass is 363 g/mol. The van der Waals surface area contributed by atoms with Crippen molar-refractivity contribution in [2.24, 2.45) is 0 Å². The van der Waals surface area contributed by atoms with Gasteiger partial charge in [-0.1, -0.05) is 12.1 Å². The second kappa shape index (κ2) is 6.99. The molecule has 0 unspecified atom stereocenters. The van der Waals surface area contributed by atoms with Gasteiger partial charge in [-0.25, -0.2) is 19.3 Å². The summed E-state index contributed by atoms with van der Waals surface area (Å²) in [6.45, 7) is 0.528. The Hall–Kier alpha value is -3.55. The van der Waals surface area contributed by atoms with E-state index >= 15 is 0 Å². The molecule has 0 aliphatic carbocycles. The molecule has 0 amide bonds. The van der Waals surface area contributed by atoms with Crippen LogP contribution >= 0.6 is 0 Å². The number of fused-ring (bicyclic) bond motifs is 1. The largest absolute Gasteiger partial charge is 0.365 e. The highest BCUT2D eigenvalue weighted by Crippen LogP contribution is 2.28. The van der Waals surface area contributed by atoms with Crippen LogP contribution in [-0.4, -0.2) is 38.4 Å². The minimum atomic E-state index is -0.251. The van der Waals surface area contributed by atoms with Crippen LogP contribution in [0, 0.1) is 5.82 Å². The molecule has 0 bridgehead atoms. The molecule has 27 heavy (non-hydrogen) atoms. The standard InChI is InChI=1S/C19H18FN7/c1-26(2)19-23-10-14(11-24-19)17-18(27-8-7-21-12-16(27)25-17)22-9-13-3-5-15(20)6-4-13/h3-8,10-12,22H,9H2,1-2H3. The van der Waals surface area contributed by atoms with E-state index < -0.39 is 0 Å². The van der Waals surface area contributed by atoms with Gasteiger partial charge in [0.1, 0.15) is 17.3 Å². The highest BCUT2D eigenvalue weighted by atomic mass is 19.1. The maximum atomic E-state index is 13.1. The molecular weight excluding hydrogens is 345 g/mol. The van der Waals surface area contributed by atoms with E-state index in [1.165, 1.54) is 12.1 Å². The number of benzene rings is 1. The zero-order chi connectivity index (χ0) is 18.8. The maximum Gasteiger partial charge on any atom is 0.224 e. The fraction of sp³-hybridized carbons (Fsp3) is 0.158. The molecule has 0 fully saturated rings. The Kier molecular flexibility index (Phi) is 4.37. The number of nitrogens with zero attached hydrogens (tertiary/aromatic N) is 6. The van der Waals surface area contributed by atoms with Crippen LogP contribution in [0.5, 0.6) is 0 Å². The Balaban J connectivity index is 1.71. The summed E-state index contributed by atoms with van der Waals surface area (Å²) in [7, 11) is 3.78. The molecular formula is C19H18FN7. The molecule has 3 heterocycles. The lowest BCUT2D eigenvalue weighted by molar-refractivity contribution is 0.627. The fourth-order valence-electron chi connectivity index (χ4n) is 2.74. The van der Waals surface area contributed by atoms with Gasteiger partial charge in [0.2, 0.25) is 5.95 Å². The second-order valence-corrected chi connectivity index (χ2v) is 6.26. The second-order valence-electron chi connectivity index (χ2n) is 6.26. The molecule has 0 saturated carbocycles. The zero-order valence-electron chi connectivity index (χ0n) is 15.0. The predicted molar refractivity (Wildman–Crippen MR) is 102 cm³/mol. The minimum absolute atomic E-state index is 0.251. The highest BCUT2D eigenvalue weighted by molar-refractivity contribution is 5.75. The number of imidazole rings is 1. The number of hydrogen-bond acceptors (Lipinski definition) is 6. The summed E-state index contributed by atoms with van der Waals surface area (Å²) in [5.74, 6) is 1.18. The number of anilines is 2. The summed E-state index contributed by atoms with van der Waals surface area (Å²) in [5, 5.41) is 3.39. The van der Waals surface area contributed by atoms with Crippen molar-refractivity contribution in [2.75, 3.05) is 24.3 Å². The quantitative estimate of drug-likeness (QED) is 0.588. The number of rotatable bonds is 5. The summed E-state index contributed by atoms with van der Waals surface area (Å²) < 4.78 is 15.0. The van der Waals surface area contributed by atoms with Gasteiger partial charge in [-0.2, -0.15) is 0 Å². The van der Waals surface area contributed by atoms with Crippen molar-refractivity contribution >= 4 is 17.4 Å². The Morgan fingerprint density at radius 2 is 1.81 bits per heavy atom. The highest BCUT2D eigenvalue weighted by Gasteiger charge is 2.15. The molecule has 3 aromatic heterocycles. The summed E-state index contributed by atoms with van der Waals surface area (Å²) >= 11 is 0. The molecule has 0 radical (unpaired) electrons. The van der Waals surface area contributed by atoms with Crippen LogP contribution in [0.25, 0.3) is 16.9 Å². The number of hydrogen-bond donors (Lipinski definition) is 1. The first-order chi connectivity index (χ1) is 13.1. The van der Waals surface area contributed by atoms with E-state index in [0.717, 1.165) is 22.6 Å². The van der Waals surface area contributed by atoms with Crippen LogP contribution < -0.4 is 10.2 Å². The van der Waals surface area contributed by atoms with E-state index in [1.807, 2.05) is 29.6 Å². The van der Waals surface area contributed by atoms with E-state index in [0.29, 0.717) is 18.1 Å². The first kappa shape index (κ1) is 16.9. The van der Waals surface area contributed by atoms with Gasteiger partial charge in [-0.05, 0) is 17.7 Å². The molecule has 4 rings (SSSR count). The maximum absolute atomic E-state index is 13.1. The van der Waals surface area contributed by atoms with Gasteiger partial charge in [0.05, 0.1) is 6.20 Å². The van der Waals surface area contributed by atoms with Gasteiger partial charge < -0.3 is 10.2 Å². The Morgan fingerprint density at radius 3 is 2.52 bits per heavy atom. The third-order valence-electron chi connectivity index (χ3n) is 4.12. The Bertz CT molecular complexity index is 1060. The van der Waals surface area contributed by atoms with Crippen molar-refractivity contribution in [1.29, 1.82) is 0 Å². The first-order valence-electron chi connectivity index (χ1n) is 8.42. The molecule has 0 atom stereocenters. The van der Waals surface area contributed by atoms with E-state index in [2.05, 4.69) is 25.3 Å². The zero-order valence-corrected chi connectivity index (χ0v) is 15.0. The molecule has 7 nitrogen and oxygen atoms in total. The van der Waals surface area contributed by atoms with Crippen LogP contribution in [0.4, 0.5) is 16.2 Å². The van der Waals surface area contributed by atoms with Gasteiger partial charge >= 0.3 is 0 Å². The van der Waals surface area contributed by atoms with Crippen molar-refractivity contribution in [2.45, 2.75) is 6.54 Å².